The van der Waals surface area contributed by atoms with Gasteiger partial charge in [-0.25, -0.2) is 4.79 Å². The van der Waals surface area contributed by atoms with Gasteiger partial charge in [0.2, 0.25) is 5.76 Å². The smallest absolute Gasteiger partial charge is 0.373 e. The summed E-state index contributed by atoms with van der Waals surface area (Å²) in [5.74, 6) is 0.814. The first kappa shape index (κ1) is 14.1. The first-order valence-electron chi connectivity index (χ1n) is 6.63. The topological polar surface area (TPSA) is 62.9 Å². The van der Waals surface area contributed by atoms with E-state index in [4.69, 9.17) is 4.42 Å². The zero-order chi connectivity index (χ0) is 14.0. The van der Waals surface area contributed by atoms with Gasteiger partial charge in [-0.3, -0.25) is 4.90 Å². The molecule has 0 bridgehead atoms. The molecule has 2 rings (SSSR count). The monoisotopic (exact) mass is 267 g/mol. The van der Waals surface area contributed by atoms with Crippen LogP contribution in [0.2, 0.25) is 0 Å². The fourth-order valence-corrected chi connectivity index (χ4v) is 2.39. The van der Waals surface area contributed by atoms with Crippen molar-refractivity contribution in [2.75, 3.05) is 20.2 Å². The van der Waals surface area contributed by atoms with E-state index in [1.807, 2.05) is 6.92 Å². The van der Waals surface area contributed by atoms with Gasteiger partial charge < -0.3 is 14.3 Å². The Hall–Kier alpha value is -1.33. The summed E-state index contributed by atoms with van der Waals surface area (Å²) in [6.45, 7) is 5.64. The van der Waals surface area contributed by atoms with Gasteiger partial charge >= 0.3 is 5.97 Å². The first-order valence-corrected chi connectivity index (χ1v) is 6.63. The Bertz CT molecular complexity index is 442. The van der Waals surface area contributed by atoms with E-state index in [0.29, 0.717) is 12.5 Å². The molecule has 1 N–H and O–H groups in total. The second-order valence-electron chi connectivity index (χ2n) is 5.20. The van der Waals surface area contributed by atoms with Crippen LogP contribution in [0, 0.1) is 5.92 Å². The van der Waals surface area contributed by atoms with Gasteiger partial charge in [-0.1, -0.05) is 6.92 Å². The van der Waals surface area contributed by atoms with E-state index in [1.54, 1.807) is 12.1 Å². The highest BCUT2D eigenvalue weighted by Gasteiger charge is 2.29. The molecule has 0 amide bonds. The molecule has 0 radical (unpaired) electrons. The van der Waals surface area contributed by atoms with Crippen molar-refractivity contribution >= 4 is 5.97 Å². The third-order valence-electron chi connectivity index (χ3n) is 3.92. The van der Waals surface area contributed by atoms with Crippen molar-refractivity contribution in [2.24, 2.45) is 5.92 Å². The largest absolute Gasteiger partial charge is 0.463 e. The highest BCUT2D eigenvalue weighted by atomic mass is 16.5. The predicted molar refractivity (Wildman–Crippen MR) is 69.8 cm³/mol. The summed E-state index contributed by atoms with van der Waals surface area (Å²) >= 11 is 0. The van der Waals surface area contributed by atoms with E-state index in [9.17, 15) is 9.90 Å². The summed E-state index contributed by atoms with van der Waals surface area (Å²) in [6, 6.07) is 3.46. The SMILES string of the molecule is COC(=O)c1ccc([C@H](C)N2CC[C@@H](C)[C@H](O)C2)o1. The van der Waals surface area contributed by atoms with E-state index in [-0.39, 0.29) is 17.9 Å². The van der Waals surface area contributed by atoms with E-state index in [2.05, 4.69) is 16.6 Å². The number of aliphatic hydroxyl groups is 1. The average molecular weight is 267 g/mol. The number of aliphatic hydroxyl groups excluding tert-OH is 1. The van der Waals surface area contributed by atoms with Crippen molar-refractivity contribution in [3.05, 3.63) is 23.7 Å². The van der Waals surface area contributed by atoms with E-state index >= 15 is 0 Å². The number of likely N-dealkylation sites (tertiary alicyclic amines) is 1. The van der Waals surface area contributed by atoms with Crippen LogP contribution in [0.25, 0.3) is 0 Å². The molecule has 1 aliphatic rings. The number of hydrogen-bond acceptors (Lipinski definition) is 5. The normalized spacial score (nSPS) is 26.1. The lowest BCUT2D eigenvalue weighted by molar-refractivity contribution is 0.00867. The number of nitrogens with zero attached hydrogens (tertiary/aromatic N) is 1. The van der Waals surface area contributed by atoms with Gasteiger partial charge in [-0.05, 0) is 37.9 Å². The fraction of sp³-hybridized carbons (Fsp3) is 0.643. The van der Waals surface area contributed by atoms with Crippen LogP contribution in [0.15, 0.2) is 16.5 Å². The number of hydrogen-bond donors (Lipinski definition) is 1. The second-order valence-corrected chi connectivity index (χ2v) is 5.20. The van der Waals surface area contributed by atoms with Gasteiger partial charge in [-0.15, -0.1) is 0 Å². The number of methoxy groups -OCH3 is 1. The van der Waals surface area contributed by atoms with Crippen molar-refractivity contribution in [1.82, 2.24) is 4.90 Å². The summed E-state index contributed by atoms with van der Waals surface area (Å²) in [6.07, 6.45) is 0.669. The van der Waals surface area contributed by atoms with E-state index < -0.39 is 5.97 Å². The highest BCUT2D eigenvalue weighted by molar-refractivity contribution is 5.86. The Kier molecular flexibility index (Phi) is 4.27. The van der Waals surface area contributed by atoms with Crippen molar-refractivity contribution in [3.63, 3.8) is 0 Å². The lowest BCUT2D eigenvalue weighted by Gasteiger charge is -2.37. The van der Waals surface area contributed by atoms with Gasteiger partial charge in [0.05, 0.1) is 19.3 Å². The molecule has 1 aromatic rings. The Labute approximate surface area is 113 Å². The lowest BCUT2D eigenvalue weighted by atomic mass is 9.95. The molecule has 1 aromatic heterocycles. The molecule has 0 aliphatic carbocycles. The molecule has 0 saturated carbocycles. The minimum atomic E-state index is -0.467. The number of piperidine rings is 1. The number of ether oxygens (including phenoxy) is 1. The van der Waals surface area contributed by atoms with Gasteiger partial charge in [0.15, 0.2) is 0 Å². The van der Waals surface area contributed by atoms with Crippen LogP contribution in [0.4, 0.5) is 0 Å². The van der Waals surface area contributed by atoms with Crippen LogP contribution in [0.1, 0.15) is 42.6 Å². The maximum atomic E-state index is 11.4. The predicted octanol–water partition coefficient (Wildman–Crippen LogP) is 1.83. The summed E-state index contributed by atoms with van der Waals surface area (Å²) in [5, 5.41) is 9.93. The zero-order valence-corrected chi connectivity index (χ0v) is 11.6. The van der Waals surface area contributed by atoms with E-state index in [0.717, 1.165) is 18.7 Å². The van der Waals surface area contributed by atoms with Gasteiger partial charge in [0.1, 0.15) is 5.76 Å². The van der Waals surface area contributed by atoms with Gasteiger partial charge in [0.25, 0.3) is 0 Å². The second kappa shape index (κ2) is 5.75. The molecule has 3 atom stereocenters. The highest BCUT2D eigenvalue weighted by Crippen LogP contribution is 2.27. The molecule has 5 nitrogen and oxygen atoms in total. The number of furan rings is 1. The summed E-state index contributed by atoms with van der Waals surface area (Å²) < 4.78 is 10.1. The molecule has 2 heterocycles. The molecule has 1 aliphatic heterocycles. The molecular formula is C14H21NO4. The van der Waals surface area contributed by atoms with Crippen LogP contribution in [-0.2, 0) is 4.74 Å². The Morgan fingerprint density at radius 3 is 2.95 bits per heavy atom. The fourth-order valence-electron chi connectivity index (χ4n) is 2.39. The van der Waals surface area contributed by atoms with Crippen LogP contribution in [0.5, 0.6) is 0 Å². The van der Waals surface area contributed by atoms with Crippen LogP contribution in [-0.4, -0.2) is 42.3 Å². The molecule has 1 fully saturated rings. The first-order chi connectivity index (χ1) is 9.02. The molecule has 0 aromatic carbocycles. The molecule has 19 heavy (non-hydrogen) atoms. The molecule has 1 saturated heterocycles. The summed E-state index contributed by atoms with van der Waals surface area (Å²) in [4.78, 5) is 13.5. The summed E-state index contributed by atoms with van der Waals surface area (Å²) in [5.41, 5.74) is 0. The third kappa shape index (κ3) is 2.98. The molecule has 5 heteroatoms. The standard InChI is InChI=1S/C14H21NO4/c1-9-6-7-15(8-11(9)16)10(2)12-4-5-13(19-12)14(17)18-3/h4-5,9-11,16H,6-8H2,1-3H3/t9-,10+,11-/m1/s1. The number of β-amino-alcohol motifs (C(OH)–C–C–N with tert-alkyl or cyclic N) is 1. The van der Waals surface area contributed by atoms with Crippen LogP contribution >= 0.6 is 0 Å². The Morgan fingerprint density at radius 1 is 1.58 bits per heavy atom. The zero-order valence-electron chi connectivity index (χ0n) is 11.6. The van der Waals surface area contributed by atoms with Gasteiger partial charge in [-0.2, -0.15) is 0 Å². The third-order valence-corrected chi connectivity index (χ3v) is 3.92. The molecule has 106 valence electrons. The number of carbonyl (C=O) groups excluding carboxylic acids is 1. The number of carbonyl (C=O) groups is 1. The molecule has 0 spiro atoms. The number of rotatable bonds is 3. The average Bonchev–Trinajstić information content (AvgIpc) is 2.89. The van der Waals surface area contributed by atoms with E-state index in [1.165, 1.54) is 7.11 Å². The molecular weight excluding hydrogens is 246 g/mol. The van der Waals surface area contributed by atoms with Gasteiger partial charge in [0, 0.05) is 6.54 Å². The minimum absolute atomic E-state index is 0.0422. The van der Waals surface area contributed by atoms with Crippen LogP contribution < -0.4 is 0 Å². The maximum absolute atomic E-state index is 11.4. The maximum Gasteiger partial charge on any atom is 0.373 e. The summed E-state index contributed by atoms with van der Waals surface area (Å²) in [7, 11) is 1.33. The Morgan fingerprint density at radius 2 is 2.32 bits per heavy atom. The lowest BCUT2D eigenvalue weighted by Crippen LogP contribution is -2.43. The number of esters is 1. The molecule has 0 unspecified atom stereocenters. The van der Waals surface area contributed by atoms with Crippen molar-refractivity contribution in [3.8, 4) is 0 Å². The van der Waals surface area contributed by atoms with Crippen molar-refractivity contribution < 1.29 is 19.1 Å². The minimum Gasteiger partial charge on any atom is -0.463 e. The Balaban J connectivity index is 2.05. The van der Waals surface area contributed by atoms with Crippen molar-refractivity contribution in [1.29, 1.82) is 0 Å². The quantitative estimate of drug-likeness (QED) is 0.846. The van der Waals surface area contributed by atoms with Crippen LogP contribution in [0.3, 0.4) is 0 Å². The van der Waals surface area contributed by atoms with Crippen molar-refractivity contribution in [2.45, 2.75) is 32.4 Å².